The maximum absolute atomic E-state index is 13.2. The van der Waals surface area contributed by atoms with Gasteiger partial charge in [-0.05, 0) is 61.4 Å². The molecule has 0 bridgehead atoms. The van der Waals surface area contributed by atoms with Gasteiger partial charge < -0.3 is 25.6 Å². The molecule has 214 valence electrons. The summed E-state index contributed by atoms with van der Waals surface area (Å²) in [4.78, 5) is 38.1. The number of nitrogens with one attached hydrogen (secondary N) is 1. The zero-order valence-corrected chi connectivity index (χ0v) is 22.8. The molecular weight excluding hydrogens is 532 g/mol. The zero-order chi connectivity index (χ0) is 29.1. The smallest absolute Gasteiger partial charge is 0.387 e. The molecule has 3 heterocycles. The number of benzene rings is 2. The van der Waals surface area contributed by atoms with Gasteiger partial charge in [0.25, 0.3) is 5.91 Å². The maximum Gasteiger partial charge on any atom is 0.387 e. The van der Waals surface area contributed by atoms with Crippen molar-refractivity contribution in [2.24, 2.45) is 5.73 Å². The van der Waals surface area contributed by atoms with E-state index in [9.17, 15) is 18.4 Å². The fourth-order valence-electron chi connectivity index (χ4n) is 4.86. The Morgan fingerprint density at radius 2 is 1.76 bits per heavy atom. The molecular formula is C29H31F2N7O3. The highest BCUT2D eigenvalue weighted by atomic mass is 19.3. The number of carbonyl (C=O) groups excluding carboxylic acids is 2. The Labute approximate surface area is 235 Å². The van der Waals surface area contributed by atoms with E-state index in [4.69, 9.17) is 5.73 Å². The minimum Gasteiger partial charge on any atom is -0.435 e. The van der Waals surface area contributed by atoms with Crippen LogP contribution >= 0.6 is 0 Å². The molecule has 1 fully saturated rings. The van der Waals surface area contributed by atoms with Crippen LogP contribution in [-0.2, 0) is 4.79 Å². The van der Waals surface area contributed by atoms with Crippen molar-refractivity contribution in [1.29, 1.82) is 0 Å². The Morgan fingerprint density at radius 1 is 1.05 bits per heavy atom. The lowest BCUT2D eigenvalue weighted by atomic mass is 10.1. The second-order valence-corrected chi connectivity index (χ2v) is 9.80. The number of imidazole rings is 1. The number of hydrogen-bond acceptors (Lipinski definition) is 7. The van der Waals surface area contributed by atoms with Crippen LogP contribution in [0.15, 0.2) is 61.1 Å². The first-order chi connectivity index (χ1) is 19.7. The van der Waals surface area contributed by atoms with Gasteiger partial charge in [-0.2, -0.15) is 8.78 Å². The molecule has 1 saturated heterocycles. The number of aromatic nitrogens is 3. The number of hydrogen-bond donors (Lipinski definition) is 2. The van der Waals surface area contributed by atoms with E-state index in [0.29, 0.717) is 49.6 Å². The first kappa shape index (κ1) is 28.0. The Balaban J connectivity index is 1.28. The molecule has 3 N–H and O–H groups in total. The average molecular weight is 564 g/mol. The van der Waals surface area contributed by atoms with Crippen molar-refractivity contribution in [3.05, 3.63) is 72.2 Å². The molecule has 12 heteroatoms. The number of rotatable bonds is 8. The van der Waals surface area contributed by atoms with Crippen molar-refractivity contribution in [2.75, 3.05) is 31.5 Å². The van der Waals surface area contributed by atoms with Gasteiger partial charge in [0.2, 0.25) is 5.91 Å². The summed E-state index contributed by atoms with van der Waals surface area (Å²) in [5.74, 6) is 0.440. The number of piperazine rings is 1. The van der Waals surface area contributed by atoms with Crippen LogP contribution in [0.1, 0.15) is 29.3 Å². The van der Waals surface area contributed by atoms with Crippen LogP contribution in [0.25, 0.3) is 16.9 Å². The van der Waals surface area contributed by atoms with Crippen molar-refractivity contribution < 1.29 is 23.1 Å². The molecule has 1 aliphatic heterocycles. The summed E-state index contributed by atoms with van der Waals surface area (Å²) in [7, 11) is 0. The van der Waals surface area contributed by atoms with Crippen molar-refractivity contribution >= 4 is 29.0 Å². The molecule has 0 spiro atoms. The number of carbonyl (C=O) groups is 2. The standard InChI is InChI=1S/C29H31F2N7O3/c1-3-23(32)28(40)37-14-12-36(13-15-37)27(39)22-9-6-20(16-18(22)2)35-25-26-34-17-24(38(26)11-10-33-25)19-4-7-21(8-5-19)41-29(30)31/h4-11,16-17,23,29H,3,12-15,32H2,1-2H3,(H,33,35)/t23-/m1/s1. The largest absolute Gasteiger partial charge is 0.435 e. The quantitative estimate of drug-likeness (QED) is 0.332. The van der Waals surface area contributed by atoms with Crippen molar-refractivity contribution in [3.8, 4) is 17.0 Å². The first-order valence-electron chi connectivity index (χ1n) is 13.3. The lowest BCUT2D eigenvalue weighted by Crippen LogP contribution is -2.54. The predicted molar refractivity (Wildman–Crippen MR) is 150 cm³/mol. The number of anilines is 2. The number of nitrogens with two attached hydrogens (primary N) is 1. The van der Waals surface area contributed by atoms with Crippen molar-refractivity contribution in [3.63, 3.8) is 0 Å². The second-order valence-electron chi connectivity index (χ2n) is 9.80. The van der Waals surface area contributed by atoms with E-state index in [1.165, 1.54) is 12.1 Å². The van der Waals surface area contributed by atoms with Crippen molar-refractivity contribution in [2.45, 2.75) is 32.9 Å². The molecule has 1 aliphatic rings. The van der Waals surface area contributed by atoms with Gasteiger partial charge >= 0.3 is 6.61 Å². The molecule has 2 aromatic heterocycles. The van der Waals surface area contributed by atoms with Crippen LogP contribution < -0.4 is 15.8 Å². The molecule has 5 rings (SSSR count). The minimum absolute atomic E-state index is 0.0724. The van der Waals surface area contributed by atoms with Gasteiger partial charge in [0.05, 0.1) is 17.9 Å². The van der Waals surface area contributed by atoms with Crippen LogP contribution in [0.3, 0.4) is 0 Å². The molecule has 10 nitrogen and oxygen atoms in total. The van der Waals surface area contributed by atoms with Gasteiger partial charge in [-0.1, -0.05) is 6.92 Å². The third-order valence-corrected chi connectivity index (χ3v) is 7.16. The van der Waals surface area contributed by atoms with Gasteiger partial charge in [-0.15, -0.1) is 0 Å². The lowest BCUT2D eigenvalue weighted by Gasteiger charge is -2.36. The van der Waals surface area contributed by atoms with E-state index in [2.05, 4.69) is 20.0 Å². The molecule has 0 radical (unpaired) electrons. The zero-order valence-electron chi connectivity index (χ0n) is 22.8. The molecule has 1 atom stereocenters. The molecule has 4 aromatic rings. The van der Waals surface area contributed by atoms with Gasteiger partial charge in [0.1, 0.15) is 5.75 Å². The van der Waals surface area contributed by atoms with E-state index in [0.717, 1.165) is 22.5 Å². The van der Waals surface area contributed by atoms with E-state index in [1.54, 1.807) is 46.6 Å². The number of halogens is 2. The fraction of sp³-hybridized carbons (Fsp3) is 0.310. The normalized spacial score (nSPS) is 14.4. The summed E-state index contributed by atoms with van der Waals surface area (Å²) in [6.45, 7) is 2.71. The summed E-state index contributed by atoms with van der Waals surface area (Å²) >= 11 is 0. The van der Waals surface area contributed by atoms with E-state index >= 15 is 0 Å². The topological polar surface area (TPSA) is 118 Å². The van der Waals surface area contributed by atoms with Crippen LogP contribution in [0, 0.1) is 6.92 Å². The summed E-state index contributed by atoms with van der Waals surface area (Å²) in [6.07, 6.45) is 5.67. The van der Waals surface area contributed by atoms with Gasteiger partial charge in [0.15, 0.2) is 11.5 Å². The molecule has 2 amide bonds. The first-order valence-corrected chi connectivity index (χ1v) is 13.3. The highest BCUT2D eigenvalue weighted by molar-refractivity contribution is 5.96. The number of alkyl halides is 2. The number of nitrogens with zero attached hydrogens (tertiary/aromatic N) is 5. The van der Waals surface area contributed by atoms with Gasteiger partial charge in [-0.25, -0.2) is 9.97 Å². The highest BCUT2D eigenvalue weighted by Gasteiger charge is 2.27. The Bertz CT molecular complexity index is 1550. The second kappa shape index (κ2) is 11.9. The van der Waals surface area contributed by atoms with Crippen LogP contribution in [0.4, 0.5) is 20.3 Å². The number of amides is 2. The molecule has 0 unspecified atom stereocenters. The third-order valence-electron chi connectivity index (χ3n) is 7.16. The molecule has 2 aromatic carbocycles. The number of ether oxygens (including phenoxy) is 1. The Kier molecular flexibility index (Phi) is 8.11. The average Bonchev–Trinajstić information content (AvgIpc) is 3.41. The van der Waals surface area contributed by atoms with Crippen LogP contribution in [0.5, 0.6) is 5.75 Å². The van der Waals surface area contributed by atoms with Gasteiger partial charge in [0, 0.05) is 55.4 Å². The van der Waals surface area contributed by atoms with E-state index in [-0.39, 0.29) is 17.6 Å². The summed E-state index contributed by atoms with van der Waals surface area (Å²) in [5, 5.41) is 3.28. The summed E-state index contributed by atoms with van der Waals surface area (Å²) < 4.78 is 31.2. The summed E-state index contributed by atoms with van der Waals surface area (Å²) in [6, 6.07) is 11.3. The minimum atomic E-state index is -2.88. The SMILES string of the molecule is CC[C@@H](N)C(=O)N1CCN(C(=O)c2ccc(Nc3nccn4c(-c5ccc(OC(F)F)cc5)cnc34)cc2C)CC1. The lowest BCUT2D eigenvalue weighted by molar-refractivity contribution is -0.134. The Hall–Kier alpha value is -4.58. The van der Waals surface area contributed by atoms with E-state index < -0.39 is 12.7 Å². The van der Waals surface area contributed by atoms with Crippen LogP contribution in [-0.4, -0.2) is 74.8 Å². The highest BCUT2D eigenvalue weighted by Crippen LogP contribution is 2.28. The predicted octanol–water partition coefficient (Wildman–Crippen LogP) is 4.07. The maximum atomic E-state index is 13.2. The summed E-state index contributed by atoms with van der Waals surface area (Å²) in [5.41, 5.74) is 10.1. The molecule has 41 heavy (non-hydrogen) atoms. The molecule has 0 saturated carbocycles. The third kappa shape index (κ3) is 5.97. The Morgan fingerprint density at radius 3 is 2.41 bits per heavy atom. The van der Waals surface area contributed by atoms with Gasteiger partial charge in [-0.3, -0.25) is 14.0 Å². The number of aryl methyl sites for hydroxylation is 1. The fourth-order valence-corrected chi connectivity index (χ4v) is 4.86. The van der Waals surface area contributed by atoms with E-state index in [1.807, 2.05) is 30.4 Å². The number of fused-ring (bicyclic) bond motifs is 1. The van der Waals surface area contributed by atoms with Crippen LogP contribution in [0.2, 0.25) is 0 Å². The molecule has 0 aliphatic carbocycles. The van der Waals surface area contributed by atoms with Crippen molar-refractivity contribution in [1.82, 2.24) is 24.2 Å². The monoisotopic (exact) mass is 563 g/mol.